The van der Waals surface area contributed by atoms with Gasteiger partial charge in [-0.05, 0) is 38.6 Å². The molecular formula is C12H21N. The molecule has 0 spiro atoms. The highest BCUT2D eigenvalue weighted by Gasteiger charge is 2.32. The lowest BCUT2D eigenvalue weighted by Crippen LogP contribution is -2.40. The summed E-state index contributed by atoms with van der Waals surface area (Å²) in [6.45, 7) is 7.69. The monoisotopic (exact) mass is 179 g/mol. The van der Waals surface area contributed by atoms with Gasteiger partial charge in [0.2, 0.25) is 0 Å². The van der Waals surface area contributed by atoms with E-state index in [0.717, 1.165) is 12.3 Å². The van der Waals surface area contributed by atoms with Gasteiger partial charge in [-0.2, -0.15) is 0 Å². The molecule has 1 atom stereocenters. The maximum absolute atomic E-state index is 3.63. The number of hydrogen-bond acceptors (Lipinski definition) is 1. The predicted molar refractivity (Wildman–Crippen MR) is 57.5 cm³/mol. The summed E-state index contributed by atoms with van der Waals surface area (Å²) in [5.41, 5.74) is 0.344. The second kappa shape index (κ2) is 4.67. The first-order valence-electron chi connectivity index (χ1n) is 5.33. The molecule has 1 saturated heterocycles. The van der Waals surface area contributed by atoms with Crippen molar-refractivity contribution in [3.05, 3.63) is 0 Å². The molecule has 1 heteroatoms. The first-order valence-corrected chi connectivity index (χ1v) is 5.33. The van der Waals surface area contributed by atoms with Crippen LogP contribution < -0.4 is 5.32 Å². The predicted octanol–water partition coefficient (Wildman–Crippen LogP) is 2.57. The SMILES string of the molecule is CC#CCC1(CC(C)C)CCCN1. The molecule has 0 bridgehead atoms. The first kappa shape index (κ1) is 10.6. The van der Waals surface area contributed by atoms with Gasteiger partial charge in [0.15, 0.2) is 0 Å². The highest BCUT2D eigenvalue weighted by Crippen LogP contribution is 2.29. The van der Waals surface area contributed by atoms with Crippen molar-refractivity contribution in [2.75, 3.05) is 6.54 Å². The van der Waals surface area contributed by atoms with Crippen LogP contribution in [0.5, 0.6) is 0 Å². The van der Waals surface area contributed by atoms with E-state index in [1.165, 1.54) is 25.8 Å². The van der Waals surface area contributed by atoms with Crippen LogP contribution in [0.25, 0.3) is 0 Å². The molecule has 1 aliphatic rings. The van der Waals surface area contributed by atoms with E-state index >= 15 is 0 Å². The van der Waals surface area contributed by atoms with Crippen molar-refractivity contribution < 1.29 is 0 Å². The summed E-state index contributed by atoms with van der Waals surface area (Å²) in [6, 6.07) is 0. The van der Waals surface area contributed by atoms with E-state index in [1.807, 2.05) is 6.92 Å². The Hall–Kier alpha value is -0.480. The van der Waals surface area contributed by atoms with Crippen molar-refractivity contribution in [3.63, 3.8) is 0 Å². The smallest absolute Gasteiger partial charge is 0.0293 e. The van der Waals surface area contributed by atoms with Gasteiger partial charge in [-0.15, -0.1) is 11.8 Å². The summed E-state index contributed by atoms with van der Waals surface area (Å²) >= 11 is 0. The minimum Gasteiger partial charge on any atom is -0.310 e. The standard InChI is InChI=1S/C12H21N/c1-4-5-7-12(10-11(2)3)8-6-9-13-12/h11,13H,6-10H2,1-3H3. The molecule has 74 valence electrons. The normalized spacial score (nSPS) is 27.4. The van der Waals surface area contributed by atoms with Gasteiger partial charge < -0.3 is 5.32 Å². The van der Waals surface area contributed by atoms with Crippen LogP contribution >= 0.6 is 0 Å². The van der Waals surface area contributed by atoms with Crippen LogP contribution in [0, 0.1) is 17.8 Å². The number of rotatable bonds is 3. The third kappa shape index (κ3) is 3.04. The lowest BCUT2D eigenvalue weighted by Gasteiger charge is -2.29. The topological polar surface area (TPSA) is 12.0 Å². The third-order valence-electron chi connectivity index (χ3n) is 2.73. The van der Waals surface area contributed by atoms with E-state index < -0.39 is 0 Å². The van der Waals surface area contributed by atoms with Gasteiger partial charge in [0.25, 0.3) is 0 Å². The fraction of sp³-hybridized carbons (Fsp3) is 0.833. The Bertz CT molecular complexity index is 201. The van der Waals surface area contributed by atoms with Crippen molar-refractivity contribution in [3.8, 4) is 11.8 Å². The van der Waals surface area contributed by atoms with Gasteiger partial charge in [-0.25, -0.2) is 0 Å². The number of nitrogens with one attached hydrogen (secondary N) is 1. The zero-order chi connectivity index (χ0) is 9.73. The van der Waals surface area contributed by atoms with Gasteiger partial charge in [-0.3, -0.25) is 0 Å². The molecule has 0 aliphatic carbocycles. The van der Waals surface area contributed by atoms with Crippen LogP contribution in [0.3, 0.4) is 0 Å². The Morgan fingerprint density at radius 1 is 1.46 bits per heavy atom. The maximum Gasteiger partial charge on any atom is 0.0293 e. The Morgan fingerprint density at radius 2 is 2.23 bits per heavy atom. The van der Waals surface area contributed by atoms with E-state index in [9.17, 15) is 0 Å². The molecule has 0 aromatic carbocycles. The Labute approximate surface area is 82.3 Å². The van der Waals surface area contributed by atoms with Gasteiger partial charge >= 0.3 is 0 Å². The van der Waals surface area contributed by atoms with Crippen molar-refractivity contribution >= 4 is 0 Å². The summed E-state index contributed by atoms with van der Waals surface area (Å²) in [7, 11) is 0. The van der Waals surface area contributed by atoms with E-state index in [2.05, 4.69) is 31.0 Å². The van der Waals surface area contributed by atoms with Gasteiger partial charge in [0.1, 0.15) is 0 Å². The largest absolute Gasteiger partial charge is 0.310 e. The minimum absolute atomic E-state index is 0.344. The fourth-order valence-electron chi connectivity index (χ4n) is 2.31. The zero-order valence-corrected chi connectivity index (χ0v) is 9.11. The van der Waals surface area contributed by atoms with Crippen molar-refractivity contribution in [2.24, 2.45) is 5.92 Å². The number of hydrogen-bond donors (Lipinski definition) is 1. The van der Waals surface area contributed by atoms with Crippen LogP contribution in [0.2, 0.25) is 0 Å². The van der Waals surface area contributed by atoms with Crippen molar-refractivity contribution in [2.45, 2.75) is 52.0 Å². The van der Waals surface area contributed by atoms with Crippen molar-refractivity contribution in [1.82, 2.24) is 5.32 Å². The average Bonchev–Trinajstić information content (AvgIpc) is 2.49. The molecule has 1 unspecified atom stereocenters. The van der Waals surface area contributed by atoms with Crippen LogP contribution in [-0.2, 0) is 0 Å². The Balaban J connectivity index is 2.55. The zero-order valence-electron chi connectivity index (χ0n) is 9.11. The third-order valence-corrected chi connectivity index (χ3v) is 2.73. The molecule has 0 saturated carbocycles. The van der Waals surface area contributed by atoms with E-state index in [1.54, 1.807) is 0 Å². The maximum atomic E-state index is 3.63. The molecule has 1 rings (SSSR count). The highest BCUT2D eigenvalue weighted by molar-refractivity contribution is 5.06. The van der Waals surface area contributed by atoms with Crippen molar-refractivity contribution in [1.29, 1.82) is 0 Å². The molecular weight excluding hydrogens is 158 g/mol. The molecule has 1 N–H and O–H groups in total. The van der Waals surface area contributed by atoms with Gasteiger partial charge in [0.05, 0.1) is 0 Å². The summed E-state index contributed by atoms with van der Waals surface area (Å²) < 4.78 is 0. The van der Waals surface area contributed by atoms with Crippen LogP contribution in [0.15, 0.2) is 0 Å². The molecule has 1 fully saturated rings. The van der Waals surface area contributed by atoms with E-state index in [-0.39, 0.29) is 0 Å². The van der Waals surface area contributed by atoms with E-state index in [0.29, 0.717) is 5.54 Å². The van der Waals surface area contributed by atoms with E-state index in [4.69, 9.17) is 0 Å². The molecule has 0 amide bonds. The van der Waals surface area contributed by atoms with Crippen LogP contribution in [0.1, 0.15) is 46.5 Å². The van der Waals surface area contributed by atoms with Gasteiger partial charge in [-0.1, -0.05) is 13.8 Å². The lowest BCUT2D eigenvalue weighted by molar-refractivity contribution is 0.310. The minimum atomic E-state index is 0.344. The quantitative estimate of drug-likeness (QED) is 0.657. The Morgan fingerprint density at radius 3 is 2.69 bits per heavy atom. The fourth-order valence-corrected chi connectivity index (χ4v) is 2.31. The molecule has 0 radical (unpaired) electrons. The van der Waals surface area contributed by atoms with Crippen LogP contribution in [0.4, 0.5) is 0 Å². The molecule has 13 heavy (non-hydrogen) atoms. The second-order valence-electron chi connectivity index (χ2n) is 4.51. The first-order chi connectivity index (χ1) is 6.18. The highest BCUT2D eigenvalue weighted by atomic mass is 15.0. The summed E-state index contributed by atoms with van der Waals surface area (Å²) in [4.78, 5) is 0. The summed E-state index contributed by atoms with van der Waals surface area (Å²) in [6.07, 6.45) is 4.92. The molecule has 1 aliphatic heterocycles. The van der Waals surface area contributed by atoms with Crippen LogP contribution in [-0.4, -0.2) is 12.1 Å². The molecule has 0 aromatic heterocycles. The summed E-state index contributed by atoms with van der Waals surface area (Å²) in [5.74, 6) is 6.99. The second-order valence-corrected chi connectivity index (χ2v) is 4.51. The summed E-state index contributed by atoms with van der Waals surface area (Å²) in [5, 5.41) is 3.63. The lowest BCUT2D eigenvalue weighted by atomic mass is 9.85. The molecule has 1 nitrogen and oxygen atoms in total. The average molecular weight is 179 g/mol. The van der Waals surface area contributed by atoms with Gasteiger partial charge in [0, 0.05) is 12.0 Å². The Kier molecular flexibility index (Phi) is 3.81. The molecule has 0 aromatic rings. The molecule has 1 heterocycles.